The molecule has 0 unspecified atom stereocenters. The summed E-state index contributed by atoms with van der Waals surface area (Å²) in [5.41, 5.74) is 6.64. The summed E-state index contributed by atoms with van der Waals surface area (Å²) in [5, 5.41) is 2.75. The van der Waals surface area contributed by atoms with E-state index in [0.717, 1.165) is 14.8 Å². The van der Waals surface area contributed by atoms with Crippen LogP contribution in [0.1, 0.15) is 16.2 Å². The lowest BCUT2D eigenvalue weighted by Crippen LogP contribution is -2.23. The number of carbonyl (C=O) groups excluding carboxylic acids is 1. The number of halogens is 2. The van der Waals surface area contributed by atoms with Gasteiger partial charge < -0.3 is 21.0 Å². The molecule has 2 aromatic heterocycles. The Hall–Kier alpha value is -1.54. The number of aromatic amines is 2. The zero-order valence-corrected chi connectivity index (χ0v) is 12.9. The summed E-state index contributed by atoms with van der Waals surface area (Å²) < 4.78 is 1.54. The van der Waals surface area contributed by atoms with Crippen molar-refractivity contribution in [3.05, 3.63) is 38.8 Å². The van der Waals surface area contributed by atoms with Crippen LogP contribution in [0.3, 0.4) is 0 Å². The molecule has 0 aliphatic rings. The molecule has 19 heavy (non-hydrogen) atoms. The van der Waals surface area contributed by atoms with Gasteiger partial charge in [-0.05, 0) is 44.0 Å². The van der Waals surface area contributed by atoms with E-state index in [1.165, 1.54) is 0 Å². The van der Waals surface area contributed by atoms with E-state index in [2.05, 4.69) is 52.1 Å². The number of amides is 1. The van der Waals surface area contributed by atoms with E-state index in [-0.39, 0.29) is 5.91 Å². The number of hydrogen-bond donors (Lipinski definition) is 4. The zero-order valence-electron chi connectivity index (χ0n) is 9.71. The number of hydrogen-bond acceptors (Lipinski definition) is 3. The van der Waals surface area contributed by atoms with Crippen LogP contribution in [0.2, 0.25) is 0 Å². The number of nitrogen functional groups attached to an aromatic ring is 1. The van der Waals surface area contributed by atoms with Crippen LogP contribution in [0.5, 0.6) is 0 Å². The molecule has 0 aliphatic heterocycles. The molecule has 0 radical (unpaired) electrons. The van der Waals surface area contributed by atoms with Gasteiger partial charge in [-0.25, -0.2) is 4.98 Å². The summed E-state index contributed by atoms with van der Waals surface area (Å²) in [7, 11) is 0. The van der Waals surface area contributed by atoms with Crippen molar-refractivity contribution in [1.82, 2.24) is 20.3 Å². The lowest BCUT2D eigenvalue weighted by molar-refractivity contribution is 0.0953. The second kappa shape index (κ2) is 6.07. The van der Waals surface area contributed by atoms with Gasteiger partial charge in [-0.2, -0.15) is 0 Å². The van der Waals surface area contributed by atoms with Gasteiger partial charge in [-0.1, -0.05) is 6.08 Å². The molecule has 0 atom stereocenters. The molecule has 5 N–H and O–H groups in total. The summed E-state index contributed by atoms with van der Waals surface area (Å²) >= 11 is 6.58. The number of imidazole rings is 1. The lowest BCUT2D eigenvalue weighted by Gasteiger charge is -1.98. The van der Waals surface area contributed by atoms with Crippen LogP contribution in [-0.4, -0.2) is 27.4 Å². The molecule has 1 amide bonds. The smallest absolute Gasteiger partial charge is 0.268 e. The zero-order chi connectivity index (χ0) is 13.8. The number of aromatic nitrogens is 3. The fourth-order valence-corrected chi connectivity index (χ4v) is 2.05. The number of nitrogens with two attached hydrogens (primary N) is 1. The molecular weight excluding hydrogens is 378 g/mol. The number of rotatable bonds is 4. The van der Waals surface area contributed by atoms with E-state index in [1.807, 2.05) is 0 Å². The van der Waals surface area contributed by atoms with Crippen LogP contribution < -0.4 is 11.1 Å². The fourth-order valence-electron chi connectivity index (χ4n) is 1.39. The van der Waals surface area contributed by atoms with E-state index < -0.39 is 0 Å². The Balaban J connectivity index is 1.85. The van der Waals surface area contributed by atoms with Gasteiger partial charge in [-0.3, -0.25) is 4.79 Å². The minimum Gasteiger partial charge on any atom is -0.369 e. The predicted molar refractivity (Wildman–Crippen MR) is 80.6 cm³/mol. The minimum absolute atomic E-state index is 0.183. The number of H-pyrrole nitrogens is 2. The molecule has 2 rings (SSSR count). The summed E-state index contributed by atoms with van der Waals surface area (Å²) in [6.07, 6.45) is 5.25. The first kappa shape index (κ1) is 13.9. The molecule has 6 nitrogen and oxygen atoms in total. The molecule has 2 heterocycles. The molecule has 0 aliphatic carbocycles. The average Bonchev–Trinajstić information content (AvgIpc) is 2.92. The second-order valence-corrected chi connectivity index (χ2v) is 5.32. The minimum atomic E-state index is -0.183. The SMILES string of the molecule is Nc1nc(C=CCNC(=O)c2cc(Br)c(Br)[nH]2)c[nH]1. The van der Waals surface area contributed by atoms with Crippen molar-refractivity contribution in [2.75, 3.05) is 12.3 Å². The molecule has 0 fully saturated rings. The van der Waals surface area contributed by atoms with Crippen molar-refractivity contribution < 1.29 is 4.79 Å². The Morgan fingerprint density at radius 3 is 2.89 bits per heavy atom. The van der Waals surface area contributed by atoms with Crippen LogP contribution >= 0.6 is 31.9 Å². The van der Waals surface area contributed by atoms with Crippen molar-refractivity contribution in [2.45, 2.75) is 0 Å². The van der Waals surface area contributed by atoms with Crippen molar-refractivity contribution >= 4 is 49.8 Å². The van der Waals surface area contributed by atoms with Crippen molar-refractivity contribution in [1.29, 1.82) is 0 Å². The normalized spacial score (nSPS) is 11.1. The standard InChI is InChI=1S/C11H11Br2N5O/c12-7-4-8(18-9(7)13)10(19)15-3-1-2-6-5-16-11(14)17-6/h1-2,4-5,18H,3H2,(H,15,19)(H3,14,16,17). The average molecular weight is 389 g/mol. The summed E-state index contributed by atoms with van der Waals surface area (Å²) in [4.78, 5) is 21.4. The molecule has 8 heteroatoms. The predicted octanol–water partition coefficient (Wildman–Crippen LogP) is 2.29. The molecule has 0 saturated heterocycles. The van der Waals surface area contributed by atoms with Gasteiger partial charge in [0.05, 0.1) is 14.8 Å². The highest BCUT2D eigenvalue weighted by molar-refractivity contribution is 9.13. The van der Waals surface area contributed by atoms with Crippen LogP contribution in [0.4, 0.5) is 5.95 Å². The Bertz CT molecular complexity index is 597. The molecule has 0 spiro atoms. The number of nitrogens with one attached hydrogen (secondary N) is 3. The van der Waals surface area contributed by atoms with Crippen molar-refractivity contribution in [2.24, 2.45) is 0 Å². The third kappa shape index (κ3) is 3.71. The highest BCUT2D eigenvalue weighted by atomic mass is 79.9. The van der Waals surface area contributed by atoms with Gasteiger partial charge >= 0.3 is 0 Å². The van der Waals surface area contributed by atoms with Gasteiger partial charge in [0.25, 0.3) is 5.91 Å². The molecule has 0 aromatic carbocycles. The Morgan fingerprint density at radius 2 is 2.32 bits per heavy atom. The summed E-state index contributed by atoms with van der Waals surface area (Å²) in [5.74, 6) is 0.183. The maximum Gasteiger partial charge on any atom is 0.268 e. The van der Waals surface area contributed by atoms with Crippen LogP contribution in [-0.2, 0) is 0 Å². The molecule has 0 bridgehead atoms. The van der Waals surface area contributed by atoms with Gasteiger partial charge in [0.15, 0.2) is 5.95 Å². The third-order valence-corrected chi connectivity index (χ3v) is 4.04. The lowest BCUT2D eigenvalue weighted by atomic mass is 10.4. The van der Waals surface area contributed by atoms with Crippen LogP contribution in [0, 0.1) is 0 Å². The second-order valence-electron chi connectivity index (χ2n) is 3.67. The highest BCUT2D eigenvalue weighted by Gasteiger charge is 2.09. The largest absolute Gasteiger partial charge is 0.369 e. The Labute approximate surface area is 126 Å². The van der Waals surface area contributed by atoms with E-state index in [1.54, 1.807) is 24.4 Å². The maximum absolute atomic E-state index is 11.8. The summed E-state index contributed by atoms with van der Waals surface area (Å²) in [6.45, 7) is 0.403. The van der Waals surface area contributed by atoms with Gasteiger partial charge in [0.1, 0.15) is 5.69 Å². The Kier molecular flexibility index (Phi) is 4.43. The van der Waals surface area contributed by atoms with Crippen LogP contribution in [0.15, 0.2) is 27.4 Å². The molecule has 2 aromatic rings. The van der Waals surface area contributed by atoms with E-state index in [9.17, 15) is 4.79 Å². The molecule has 100 valence electrons. The van der Waals surface area contributed by atoms with Crippen molar-refractivity contribution in [3.63, 3.8) is 0 Å². The number of nitrogens with zero attached hydrogens (tertiary/aromatic N) is 1. The van der Waals surface area contributed by atoms with E-state index >= 15 is 0 Å². The topological polar surface area (TPSA) is 99.6 Å². The highest BCUT2D eigenvalue weighted by Crippen LogP contribution is 2.22. The van der Waals surface area contributed by atoms with Crippen LogP contribution in [0.25, 0.3) is 6.08 Å². The van der Waals surface area contributed by atoms with Crippen molar-refractivity contribution in [3.8, 4) is 0 Å². The quantitative estimate of drug-likeness (QED) is 0.646. The first-order valence-corrected chi connectivity index (χ1v) is 6.94. The number of anilines is 1. The summed E-state index contributed by atoms with van der Waals surface area (Å²) in [6, 6.07) is 1.71. The molecular formula is C11H11Br2N5O. The van der Waals surface area contributed by atoms with Gasteiger partial charge in [0, 0.05) is 12.7 Å². The number of carbonyl (C=O) groups is 1. The van der Waals surface area contributed by atoms with E-state index in [4.69, 9.17) is 5.73 Å². The molecule has 0 saturated carbocycles. The fraction of sp³-hybridized carbons (Fsp3) is 0.0909. The first-order chi connectivity index (χ1) is 9.06. The van der Waals surface area contributed by atoms with E-state index in [0.29, 0.717) is 18.2 Å². The monoisotopic (exact) mass is 387 g/mol. The van der Waals surface area contributed by atoms with Gasteiger partial charge in [-0.15, -0.1) is 0 Å². The van der Waals surface area contributed by atoms with Gasteiger partial charge in [0.2, 0.25) is 0 Å². The third-order valence-electron chi connectivity index (χ3n) is 2.26. The Morgan fingerprint density at radius 1 is 1.53 bits per heavy atom. The maximum atomic E-state index is 11.8. The first-order valence-electron chi connectivity index (χ1n) is 5.36.